The average Bonchev–Trinajstić information content (AvgIpc) is 2.79. The van der Waals surface area contributed by atoms with Gasteiger partial charge in [0.15, 0.2) is 11.5 Å². The number of carbonyl (C=O) groups excluding carboxylic acids is 1. The molecule has 0 atom stereocenters. The monoisotopic (exact) mass is 420 g/mol. The highest BCUT2D eigenvalue weighted by Gasteiger charge is 2.16. The zero-order chi connectivity index (χ0) is 22.1. The Hall–Kier alpha value is -3.51. The molecule has 0 aliphatic heterocycles. The first-order chi connectivity index (χ1) is 15.1. The van der Waals surface area contributed by atoms with E-state index in [4.69, 9.17) is 14.2 Å². The predicted molar refractivity (Wildman–Crippen MR) is 122 cm³/mol. The van der Waals surface area contributed by atoms with Crippen molar-refractivity contribution in [1.82, 2.24) is 4.90 Å². The molecule has 0 aromatic heterocycles. The minimum absolute atomic E-state index is 0.124. The van der Waals surface area contributed by atoms with Crippen molar-refractivity contribution in [2.75, 3.05) is 33.2 Å². The molecule has 0 fully saturated rings. The van der Waals surface area contributed by atoms with E-state index in [1.807, 2.05) is 36.4 Å². The van der Waals surface area contributed by atoms with E-state index in [-0.39, 0.29) is 12.5 Å². The van der Waals surface area contributed by atoms with Gasteiger partial charge in [0.2, 0.25) is 11.7 Å². The number of ether oxygens (including phenoxy) is 3. The summed E-state index contributed by atoms with van der Waals surface area (Å²) in [5, 5.41) is 2.95. The van der Waals surface area contributed by atoms with Crippen LogP contribution in [0.4, 0.5) is 5.69 Å². The van der Waals surface area contributed by atoms with Crippen LogP contribution in [0.2, 0.25) is 0 Å². The van der Waals surface area contributed by atoms with E-state index in [2.05, 4.69) is 34.5 Å². The first-order valence-corrected chi connectivity index (χ1v) is 10.0. The second-order valence-corrected chi connectivity index (χ2v) is 7.08. The van der Waals surface area contributed by atoms with Gasteiger partial charge in [-0.1, -0.05) is 60.7 Å². The average molecular weight is 421 g/mol. The predicted octanol–water partition coefficient (Wildman–Crippen LogP) is 4.35. The van der Waals surface area contributed by atoms with Crippen LogP contribution in [0.25, 0.3) is 0 Å². The number of amides is 1. The van der Waals surface area contributed by atoms with E-state index in [9.17, 15) is 4.79 Å². The molecule has 0 bridgehead atoms. The molecule has 0 unspecified atom stereocenters. The molecule has 0 saturated heterocycles. The van der Waals surface area contributed by atoms with Crippen LogP contribution >= 0.6 is 0 Å². The lowest BCUT2D eigenvalue weighted by Crippen LogP contribution is -2.32. The SMILES string of the molecule is COc1cc(NC(=O)CN(Cc2ccccc2)Cc2ccccc2)cc(OC)c1OC. The van der Waals surface area contributed by atoms with E-state index in [1.165, 1.54) is 0 Å². The zero-order valence-electron chi connectivity index (χ0n) is 18.1. The highest BCUT2D eigenvalue weighted by molar-refractivity contribution is 5.93. The van der Waals surface area contributed by atoms with E-state index >= 15 is 0 Å². The molecule has 0 saturated carbocycles. The van der Waals surface area contributed by atoms with Gasteiger partial charge in [-0.05, 0) is 11.1 Å². The first-order valence-electron chi connectivity index (χ1n) is 10.0. The highest BCUT2D eigenvalue weighted by atomic mass is 16.5. The van der Waals surface area contributed by atoms with Gasteiger partial charge in [-0.3, -0.25) is 9.69 Å². The van der Waals surface area contributed by atoms with Crippen molar-refractivity contribution < 1.29 is 19.0 Å². The molecule has 0 aliphatic rings. The summed E-state index contributed by atoms with van der Waals surface area (Å²) in [7, 11) is 4.64. The molecular formula is C25H28N2O4. The molecule has 0 aliphatic carbocycles. The number of anilines is 1. The number of hydrogen-bond donors (Lipinski definition) is 1. The number of rotatable bonds is 10. The largest absolute Gasteiger partial charge is 0.493 e. The lowest BCUT2D eigenvalue weighted by Gasteiger charge is -2.22. The minimum atomic E-state index is -0.124. The molecule has 0 radical (unpaired) electrons. The molecule has 3 aromatic rings. The number of hydrogen-bond acceptors (Lipinski definition) is 5. The zero-order valence-corrected chi connectivity index (χ0v) is 18.1. The minimum Gasteiger partial charge on any atom is -0.493 e. The Kier molecular flexibility index (Phi) is 7.90. The van der Waals surface area contributed by atoms with Crippen LogP contribution in [-0.2, 0) is 17.9 Å². The van der Waals surface area contributed by atoms with Crippen molar-refractivity contribution >= 4 is 11.6 Å². The lowest BCUT2D eigenvalue weighted by molar-refractivity contribution is -0.117. The normalized spacial score (nSPS) is 10.6. The Labute approximate surface area is 183 Å². The van der Waals surface area contributed by atoms with Gasteiger partial charge in [0.05, 0.1) is 27.9 Å². The first kappa shape index (κ1) is 22.2. The van der Waals surface area contributed by atoms with Gasteiger partial charge in [-0.25, -0.2) is 0 Å². The number of nitrogens with one attached hydrogen (secondary N) is 1. The molecule has 0 spiro atoms. The second kappa shape index (κ2) is 11.0. The molecule has 0 heterocycles. The van der Waals surface area contributed by atoms with Crippen LogP contribution in [0.3, 0.4) is 0 Å². The van der Waals surface area contributed by atoms with Gasteiger partial charge < -0.3 is 19.5 Å². The molecule has 3 rings (SSSR count). The molecule has 3 aromatic carbocycles. The van der Waals surface area contributed by atoms with Crippen molar-refractivity contribution in [3.63, 3.8) is 0 Å². The summed E-state index contributed by atoms with van der Waals surface area (Å²) in [6.45, 7) is 1.57. The summed E-state index contributed by atoms with van der Waals surface area (Å²) < 4.78 is 16.1. The smallest absolute Gasteiger partial charge is 0.238 e. The van der Waals surface area contributed by atoms with Crippen LogP contribution in [0, 0.1) is 0 Å². The van der Waals surface area contributed by atoms with Crippen molar-refractivity contribution in [3.05, 3.63) is 83.9 Å². The molecule has 31 heavy (non-hydrogen) atoms. The van der Waals surface area contributed by atoms with Crippen molar-refractivity contribution in [2.24, 2.45) is 0 Å². The standard InChI is InChI=1S/C25H28N2O4/c1-29-22-14-21(15-23(30-2)25(22)31-3)26-24(28)18-27(16-19-10-6-4-7-11-19)17-20-12-8-5-9-13-20/h4-15H,16-18H2,1-3H3,(H,26,28). The highest BCUT2D eigenvalue weighted by Crippen LogP contribution is 2.39. The molecule has 1 N–H and O–H groups in total. The van der Waals surface area contributed by atoms with Gasteiger partial charge >= 0.3 is 0 Å². The van der Waals surface area contributed by atoms with Crippen LogP contribution in [0.1, 0.15) is 11.1 Å². The maximum Gasteiger partial charge on any atom is 0.238 e. The van der Waals surface area contributed by atoms with Crippen molar-refractivity contribution in [1.29, 1.82) is 0 Å². The van der Waals surface area contributed by atoms with Gasteiger partial charge in [-0.15, -0.1) is 0 Å². The van der Waals surface area contributed by atoms with E-state index in [0.29, 0.717) is 36.0 Å². The van der Waals surface area contributed by atoms with E-state index in [0.717, 1.165) is 11.1 Å². The quantitative estimate of drug-likeness (QED) is 0.528. The number of methoxy groups -OCH3 is 3. The maximum atomic E-state index is 12.9. The number of benzene rings is 3. The fourth-order valence-electron chi connectivity index (χ4n) is 3.41. The van der Waals surface area contributed by atoms with Crippen molar-refractivity contribution in [2.45, 2.75) is 13.1 Å². The Bertz CT molecular complexity index is 911. The van der Waals surface area contributed by atoms with Gasteiger partial charge in [-0.2, -0.15) is 0 Å². The molecular weight excluding hydrogens is 392 g/mol. The summed E-state index contributed by atoms with van der Waals surface area (Å²) in [5.74, 6) is 1.34. The summed E-state index contributed by atoms with van der Waals surface area (Å²) >= 11 is 0. The molecule has 1 amide bonds. The fraction of sp³-hybridized carbons (Fsp3) is 0.240. The van der Waals surface area contributed by atoms with Gasteiger partial charge in [0, 0.05) is 30.9 Å². The Morgan fingerprint density at radius 1 is 0.774 bits per heavy atom. The van der Waals surface area contributed by atoms with Gasteiger partial charge in [0.1, 0.15) is 0 Å². The topological polar surface area (TPSA) is 60.0 Å². The Morgan fingerprint density at radius 2 is 1.26 bits per heavy atom. The molecule has 6 nitrogen and oxygen atoms in total. The Morgan fingerprint density at radius 3 is 1.68 bits per heavy atom. The summed E-state index contributed by atoms with van der Waals surface area (Å²) in [4.78, 5) is 15.0. The van der Waals surface area contributed by atoms with E-state index in [1.54, 1.807) is 33.5 Å². The third kappa shape index (κ3) is 6.23. The summed E-state index contributed by atoms with van der Waals surface area (Å²) in [6.07, 6.45) is 0. The van der Waals surface area contributed by atoms with Gasteiger partial charge in [0.25, 0.3) is 0 Å². The van der Waals surface area contributed by atoms with E-state index < -0.39 is 0 Å². The van der Waals surface area contributed by atoms with Crippen molar-refractivity contribution in [3.8, 4) is 17.2 Å². The summed E-state index contributed by atoms with van der Waals surface area (Å²) in [6, 6.07) is 23.7. The third-order valence-electron chi connectivity index (χ3n) is 4.81. The maximum absolute atomic E-state index is 12.9. The van der Waals surface area contributed by atoms with Crippen LogP contribution in [0.5, 0.6) is 17.2 Å². The van der Waals surface area contributed by atoms with Crippen LogP contribution in [-0.4, -0.2) is 38.7 Å². The molecule has 6 heteroatoms. The fourth-order valence-corrected chi connectivity index (χ4v) is 3.41. The number of carbonyl (C=O) groups is 1. The Balaban J connectivity index is 1.75. The third-order valence-corrected chi connectivity index (χ3v) is 4.81. The summed E-state index contributed by atoms with van der Waals surface area (Å²) in [5.41, 5.74) is 2.89. The van der Waals surface area contributed by atoms with Crippen LogP contribution in [0.15, 0.2) is 72.8 Å². The lowest BCUT2D eigenvalue weighted by atomic mass is 10.1. The molecule has 162 valence electrons. The number of nitrogens with zero attached hydrogens (tertiary/aromatic N) is 1. The second-order valence-electron chi connectivity index (χ2n) is 7.08. The van der Waals surface area contributed by atoms with Crippen LogP contribution < -0.4 is 19.5 Å².